The van der Waals surface area contributed by atoms with Gasteiger partial charge in [-0.2, -0.15) is 28.8 Å². The van der Waals surface area contributed by atoms with Crippen LogP contribution in [0.25, 0.3) is 10.8 Å². The fourth-order valence-corrected chi connectivity index (χ4v) is 8.24. The van der Waals surface area contributed by atoms with Gasteiger partial charge in [-0.3, -0.25) is 19.1 Å². The van der Waals surface area contributed by atoms with Crippen LogP contribution in [0.2, 0.25) is 0 Å². The van der Waals surface area contributed by atoms with Gasteiger partial charge in [0.05, 0.1) is 63.7 Å². The molecule has 31 heteroatoms. The third-order valence-electron chi connectivity index (χ3n) is 8.11. The molecule has 1 amide bonds. The molecule has 3 N–H and O–H groups in total. The Hall–Kier alpha value is -2.21. The maximum absolute atomic E-state index is 14.5. The molecule has 23 nitrogen and oxygen atoms in total. The van der Waals surface area contributed by atoms with Crippen LogP contribution in [0.15, 0.2) is 91.6 Å². The van der Waals surface area contributed by atoms with Crippen molar-refractivity contribution in [3.8, 4) is 5.75 Å². The van der Waals surface area contributed by atoms with Gasteiger partial charge in [0.15, 0.2) is 27.9 Å². The van der Waals surface area contributed by atoms with Crippen molar-refractivity contribution in [1.82, 2.24) is 15.0 Å². The molecule has 0 unspecified atom stereocenters. The van der Waals surface area contributed by atoms with Crippen molar-refractivity contribution in [2.75, 3.05) is 54.2 Å². The number of hydrogen-bond acceptors (Lipinski definition) is 24. The maximum atomic E-state index is 14.5. The largest absolute Gasteiger partial charge is 1.00 e. The van der Waals surface area contributed by atoms with Crippen LogP contribution in [0.5, 0.6) is 5.75 Å². The number of hydrogen-bond donors (Lipinski definition) is 3. The van der Waals surface area contributed by atoms with E-state index in [0.29, 0.717) is 26.3 Å². The van der Waals surface area contributed by atoms with E-state index in [9.17, 15) is 46.2 Å². The average Bonchev–Trinajstić information content (AvgIpc) is 3.22. The number of nitrogens with one attached hydrogen (secondary N) is 2. The first-order valence-corrected chi connectivity index (χ1v) is 21.1. The first-order valence-electron chi connectivity index (χ1n) is 16.6. The summed E-state index contributed by atoms with van der Waals surface area (Å²) in [4.78, 5) is 24.7. The monoisotopic (exact) mass is 978 g/mol. The SMILES string of the molecule is O=C(Nc1cccc(S(=O)(=O)CCOSOO[O-])c1)c1ccc(N=Nc2c(SOO[O-])cc3c(S(=O)(=O)[O-])c(Nc4nc(F)nc(N5CCOCC5)n4)ccc3c2O)cc1.[Na+].[Na+].[Na+]. The number of phenols is 1. The van der Waals surface area contributed by atoms with Crippen LogP contribution in [0.4, 0.5) is 39.0 Å². The molecule has 318 valence electrons. The van der Waals surface area contributed by atoms with E-state index < -0.39 is 60.0 Å². The van der Waals surface area contributed by atoms with E-state index in [4.69, 9.17) is 8.92 Å². The molecule has 1 aliphatic rings. The van der Waals surface area contributed by atoms with Crippen molar-refractivity contribution in [3.05, 3.63) is 78.4 Å². The number of anilines is 4. The van der Waals surface area contributed by atoms with Crippen molar-refractivity contribution in [2.24, 2.45) is 10.2 Å². The van der Waals surface area contributed by atoms with Crippen LogP contribution >= 0.6 is 24.4 Å². The molecule has 0 saturated carbocycles. The molecule has 6 rings (SSSR count). The van der Waals surface area contributed by atoms with Gasteiger partial charge < -0.3 is 40.4 Å². The normalized spacial score (nSPS) is 12.9. The molecule has 63 heavy (non-hydrogen) atoms. The quantitative estimate of drug-likeness (QED) is 0.0140. The summed E-state index contributed by atoms with van der Waals surface area (Å²) in [6.45, 7) is 0.987. The van der Waals surface area contributed by atoms with Crippen LogP contribution in [-0.4, -0.2) is 86.0 Å². The summed E-state index contributed by atoms with van der Waals surface area (Å²) in [6, 6.07) is 14.3. The van der Waals surface area contributed by atoms with Gasteiger partial charge in [0.25, 0.3) is 5.91 Å². The number of benzene rings is 4. The van der Waals surface area contributed by atoms with Gasteiger partial charge in [-0.05, 0) is 60.7 Å². The summed E-state index contributed by atoms with van der Waals surface area (Å²) in [5.74, 6) is -2.32. The summed E-state index contributed by atoms with van der Waals surface area (Å²) < 4.78 is 96.3. The van der Waals surface area contributed by atoms with Crippen LogP contribution in [0.3, 0.4) is 0 Å². The Balaban J connectivity index is 0.00000352. The predicted octanol–water partition coefficient (Wildman–Crippen LogP) is -6.16. The smallest absolute Gasteiger partial charge is 0.744 e. The number of nitrogens with zero attached hydrogens (tertiary/aromatic N) is 6. The third-order valence-corrected chi connectivity index (χ3v) is 11.7. The van der Waals surface area contributed by atoms with Crippen molar-refractivity contribution < 1.29 is 163 Å². The number of fused-ring (bicyclic) bond motifs is 1. The van der Waals surface area contributed by atoms with E-state index in [1.54, 1.807) is 4.90 Å². The number of aromatic hydroxyl groups is 1. The summed E-state index contributed by atoms with van der Waals surface area (Å²) >= 11 is 0.358. The van der Waals surface area contributed by atoms with Crippen molar-refractivity contribution >= 4 is 95.6 Å². The van der Waals surface area contributed by atoms with Gasteiger partial charge in [0.1, 0.15) is 15.8 Å². The second-order valence-corrected chi connectivity index (χ2v) is 16.5. The van der Waals surface area contributed by atoms with Gasteiger partial charge in [-0.25, -0.2) is 16.8 Å². The Morgan fingerprint density at radius 2 is 1.63 bits per heavy atom. The number of azo groups is 1. The van der Waals surface area contributed by atoms with E-state index in [0.717, 1.165) is 12.1 Å². The van der Waals surface area contributed by atoms with Gasteiger partial charge in [-0.15, -0.1) is 9.45 Å². The minimum absolute atomic E-state index is 0. The Bertz CT molecular complexity index is 2630. The van der Waals surface area contributed by atoms with Crippen molar-refractivity contribution in [2.45, 2.75) is 14.7 Å². The fourth-order valence-electron chi connectivity index (χ4n) is 5.48. The van der Waals surface area contributed by atoms with Crippen LogP contribution < -0.4 is 115 Å². The van der Waals surface area contributed by atoms with Crippen LogP contribution in [0.1, 0.15) is 10.4 Å². The van der Waals surface area contributed by atoms with E-state index in [-0.39, 0.29) is 169 Å². The van der Waals surface area contributed by atoms with E-state index in [1.807, 2.05) is 0 Å². The van der Waals surface area contributed by atoms with Crippen LogP contribution in [0, 0.1) is 6.08 Å². The number of rotatable bonds is 18. The molecule has 1 aliphatic heterocycles. The molecule has 4 aromatic carbocycles. The first-order chi connectivity index (χ1) is 28.8. The second kappa shape index (κ2) is 25.6. The van der Waals surface area contributed by atoms with Gasteiger partial charge in [0.2, 0.25) is 11.9 Å². The molecule has 1 saturated heterocycles. The number of phenolic OH excluding ortho intramolecular Hbond substituents is 1. The maximum Gasteiger partial charge on any atom is 1.00 e. The molecule has 1 aromatic heterocycles. The number of ether oxygens (including phenoxy) is 1. The molecule has 2 heterocycles. The number of sulfone groups is 1. The number of morpholine rings is 1. The molecule has 1 fully saturated rings. The molecule has 0 bridgehead atoms. The van der Waals surface area contributed by atoms with E-state index in [1.165, 1.54) is 54.6 Å². The van der Waals surface area contributed by atoms with Crippen molar-refractivity contribution in [3.63, 3.8) is 0 Å². The zero-order valence-corrected chi connectivity index (χ0v) is 42.2. The molecule has 5 aromatic rings. The Kier molecular flexibility index (Phi) is 22.4. The summed E-state index contributed by atoms with van der Waals surface area (Å²) in [7, 11) is -9.24. The standard InChI is InChI=1S/C32H29FN8O15S4.3Na/c33-30-36-31(38-32(37-30)41-10-12-51-13-11-41)35-24-9-8-22-23(28(24)60(48,49)50)17-25(57-55-53-44)26(27(22)42)40-39-19-6-4-18(5-7-19)29(43)34-20-2-1-3-21(16-20)59(46,47)15-14-52-58-56-54-45;;;/h1-9,16-17,42,44-45H,10-15H2,(H,34,43)(H,48,49,50)(H,35,36,37,38);;;/q;3*+1/p-3. The summed E-state index contributed by atoms with van der Waals surface area (Å²) in [5.41, 5.74) is -0.359. The number of aromatic nitrogens is 3. The molecule has 0 radical (unpaired) electrons. The molecule has 0 spiro atoms. The average molecular weight is 979 g/mol. The van der Waals surface area contributed by atoms with Crippen LogP contribution in [-0.2, 0) is 47.6 Å². The second-order valence-electron chi connectivity index (χ2n) is 11.8. The molecule has 0 aliphatic carbocycles. The number of halogens is 1. The fraction of sp³-hybridized carbons (Fsp3) is 0.188. The van der Waals surface area contributed by atoms with Gasteiger partial charge in [-0.1, -0.05) is 6.07 Å². The third kappa shape index (κ3) is 14.9. The zero-order valence-electron chi connectivity index (χ0n) is 33.0. The summed E-state index contributed by atoms with van der Waals surface area (Å²) in [5, 5.41) is 51.0. The Morgan fingerprint density at radius 1 is 0.921 bits per heavy atom. The summed E-state index contributed by atoms with van der Waals surface area (Å²) in [6.07, 6.45) is -1.20. The van der Waals surface area contributed by atoms with E-state index in [2.05, 4.69) is 54.6 Å². The molecular formula is C32H26FN8Na3O15S4. The van der Waals surface area contributed by atoms with Gasteiger partial charge >= 0.3 is 94.8 Å². The molecule has 0 atom stereocenters. The van der Waals surface area contributed by atoms with Gasteiger partial charge in [0, 0.05) is 35.1 Å². The number of carbonyl (C=O) groups is 1. The minimum Gasteiger partial charge on any atom is -0.744 e. The zero-order chi connectivity index (χ0) is 42.9. The number of carbonyl (C=O) groups excluding carboxylic acids is 1. The molecular weight excluding hydrogens is 953 g/mol. The predicted molar refractivity (Wildman–Crippen MR) is 200 cm³/mol. The van der Waals surface area contributed by atoms with E-state index >= 15 is 0 Å². The van der Waals surface area contributed by atoms with Crippen molar-refractivity contribution in [1.29, 1.82) is 0 Å². The number of amides is 1. The first kappa shape index (κ1) is 55.1. The minimum atomic E-state index is -5.38. The topological polar surface area (TPSA) is 321 Å². The Labute approximate surface area is 431 Å². The Morgan fingerprint density at radius 3 is 2.32 bits per heavy atom.